The zero-order valence-corrected chi connectivity index (χ0v) is 16.0. The second-order valence-corrected chi connectivity index (χ2v) is 7.09. The largest absolute Gasteiger partial charge is 0.342 e. The van der Waals surface area contributed by atoms with E-state index in [0.29, 0.717) is 0 Å². The van der Waals surface area contributed by atoms with Crippen LogP contribution in [0.2, 0.25) is 0 Å². The Hall–Kier alpha value is -2.62. The van der Waals surface area contributed by atoms with Gasteiger partial charge in [0.2, 0.25) is 0 Å². The molecule has 0 amide bonds. The van der Waals surface area contributed by atoms with Crippen molar-refractivity contribution in [3.05, 3.63) is 71.1 Å². The molecule has 8 heteroatoms. The predicted molar refractivity (Wildman–Crippen MR) is 128 cm³/mol. The van der Waals surface area contributed by atoms with E-state index in [9.17, 15) is 0 Å². The van der Waals surface area contributed by atoms with Gasteiger partial charge in [0.05, 0.1) is 0 Å². The topological polar surface area (TPSA) is 49.4 Å². The minimum Gasteiger partial charge on any atom is -0.342 e. The smallest absolute Gasteiger partial charge is 0.325 e. The molecule has 0 bridgehead atoms. The molecule has 0 fully saturated rings. The van der Waals surface area contributed by atoms with Crippen LogP contribution in [0.3, 0.4) is 0 Å². The Morgan fingerprint density at radius 3 is 1.00 bits per heavy atom. The van der Waals surface area contributed by atoms with Gasteiger partial charge in [0.1, 0.15) is 0 Å². The summed E-state index contributed by atoms with van der Waals surface area (Å²) in [6, 6.07) is 0. The number of hydrogen-bond acceptors (Lipinski definition) is 4. The summed E-state index contributed by atoms with van der Waals surface area (Å²) in [6.45, 7) is 0.137. The lowest BCUT2D eigenvalue weighted by molar-refractivity contribution is 1.47. The second kappa shape index (κ2) is 9.54. The highest BCUT2D eigenvalue weighted by molar-refractivity contribution is 6.94. The molecule has 0 saturated carbocycles. The molecule has 0 saturated heterocycles. The molecule has 0 N–H and O–H groups in total. The van der Waals surface area contributed by atoms with Gasteiger partial charge in [-0.05, 0) is 50.5 Å². The summed E-state index contributed by atoms with van der Waals surface area (Å²) in [5.74, 6) is 8.70. The Kier molecular flexibility index (Phi) is 6.38. The molecule has 4 aliphatic heterocycles. The molecule has 4 heterocycles. The van der Waals surface area contributed by atoms with Gasteiger partial charge in [-0.3, -0.25) is 0 Å². The van der Waals surface area contributed by atoms with Crippen molar-refractivity contribution >= 4 is 52.2 Å². The van der Waals surface area contributed by atoms with E-state index in [0.717, 1.165) is 25.7 Å². The molecule has 0 unspecified atom stereocenters. The first kappa shape index (κ1) is 18.7. The maximum Gasteiger partial charge on any atom is 0.325 e. The molecular formula is C20H22B4N4. The molecule has 134 valence electrons. The van der Waals surface area contributed by atoms with Crippen LogP contribution < -0.4 is 0 Å². The quantitative estimate of drug-likeness (QED) is 0.533. The van der Waals surface area contributed by atoms with Gasteiger partial charge in [0.25, 0.3) is 0 Å². The zero-order chi connectivity index (χ0) is 19.0. The molecular weight excluding hydrogens is 339 g/mol. The first-order valence-electron chi connectivity index (χ1n) is 10.1. The lowest BCUT2D eigenvalue weighted by Gasteiger charge is -2.18. The fourth-order valence-electron chi connectivity index (χ4n) is 3.70. The number of rotatable bonds is 5. The van der Waals surface area contributed by atoms with Gasteiger partial charge in [0.15, 0.2) is 0 Å². The number of hydrogen-bond donors (Lipinski definition) is 0. The van der Waals surface area contributed by atoms with E-state index in [4.69, 9.17) is 19.6 Å². The predicted octanol–water partition coefficient (Wildman–Crippen LogP) is 3.24. The molecule has 0 aliphatic carbocycles. The van der Waals surface area contributed by atoms with E-state index < -0.39 is 0 Å². The highest BCUT2D eigenvalue weighted by Gasteiger charge is 2.29. The molecule has 0 atom stereocenters. The van der Waals surface area contributed by atoms with Crippen LogP contribution in [0.25, 0.3) is 0 Å². The standard InChI is InChI=1S/C20H22B4N4/c1-5-15-25-21(11-1)19(22-12-2-6-16-26-22)9-10-20(23-13-3-7-17-27-23)24-14-4-8-18-28-24/h1-4,9-18H,5-8H2. The van der Waals surface area contributed by atoms with Crippen molar-refractivity contribution < 1.29 is 0 Å². The summed E-state index contributed by atoms with van der Waals surface area (Å²) in [6.07, 6.45) is 24.6. The van der Waals surface area contributed by atoms with Gasteiger partial charge >= 0.3 is 27.4 Å². The number of allylic oxidation sites excluding steroid dienone is 6. The van der Waals surface area contributed by atoms with Gasteiger partial charge < -0.3 is 19.6 Å². The summed E-state index contributed by atoms with van der Waals surface area (Å²) in [4.78, 5) is 18.8. The molecule has 4 rings (SSSR count). The third-order valence-electron chi connectivity index (χ3n) is 5.14. The van der Waals surface area contributed by atoms with E-state index in [-0.39, 0.29) is 27.4 Å². The van der Waals surface area contributed by atoms with Crippen LogP contribution in [0.1, 0.15) is 25.7 Å². The summed E-state index contributed by atoms with van der Waals surface area (Å²) < 4.78 is 0. The molecule has 0 aromatic carbocycles. The lowest BCUT2D eigenvalue weighted by Crippen LogP contribution is -2.29. The van der Waals surface area contributed by atoms with Crippen LogP contribution in [0.15, 0.2) is 90.7 Å². The average molecular weight is 362 g/mol. The maximum absolute atomic E-state index is 4.70. The molecule has 0 radical (unpaired) electrons. The molecule has 0 aromatic rings. The van der Waals surface area contributed by atoms with Crippen molar-refractivity contribution in [1.82, 2.24) is 0 Å². The Morgan fingerprint density at radius 2 is 0.786 bits per heavy atom. The Labute approximate surface area is 168 Å². The first-order valence-corrected chi connectivity index (χ1v) is 10.1. The van der Waals surface area contributed by atoms with Crippen LogP contribution in [0.5, 0.6) is 0 Å². The van der Waals surface area contributed by atoms with E-state index in [2.05, 4.69) is 60.4 Å². The van der Waals surface area contributed by atoms with Gasteiger partial charge in [0, 0.05) is 0 Å². The zero-order valence-electron chi connectivity index (χ0n) is 16.0. The molecule has 0 spiro atoms. The van der Waals surface area contributed by atoms with Gasteiger partial charge in [-0.25, -0.2) is 0 Å². The van der Waals surface area contributed by atoms with Crippen molar-refractivity contribution in [3.63, 3.8) is 0 Å². The SMILES string of the molecule is C1=CB(C(=CC=C(B2C=CCC=N2)B2C=CCC=N2)B2C=CCC=N2)N=CC1. The summed E-state index contributed by atoms with van der Waals surface area (Å²) in [5.41, 5.74) is 0. The van der Waals surface area contributed by atoms with Crippen molar-refractivity contribution in [2.24, 2.45) is 19.6 Å². The minimum absolute atomic E-state index is 0.0342. The van der Waals surface area contributed by atoms with Crippen molar-refractivity contribution in [2.75, 3.05) is 0 Å². The van der Waals surface area contributed by atoms with Crippen LogP contribution >= 0.6 is 0 Å². The monoisotopic (exact) mass is 362 g/mol. The van der Waals surface area contributed by atoms with Crippen molar-refractivity contribution in [3.8, 4) is 0 Å². The fourth-order valence-corrected chi connectivity index (χ4v) is 3.70. The average Bonchev–Trinajstić information content (AvgIpc) is 2.79. The minimum atomic E-state index is 0.0342. The maximum atomic E-state index is 4.70. The van der Waals surface area contributed by atoms with Gasteiger partial charge in [-0.1, -0.05) is 71.1 Å². The third kappa shape index (κ3) is 4.61. The Bertz CT molecular complexity index is 693. The van der Waals surface area contributed by atoms with Crippen LogP contribution in [-0.2, 0) is 0 Å². The summed E-state index contributed by atoms with van der Waals surface area (Å²) in [7, 11) is 0. The van der Waals surface area contributed by atoms with Crippen LogP contribution in [-0.4, -0.2) is 52.2 Å². The second-order valence-electron chi connectivity index (χ2n) is 7.09. The molecule has 4 nitrogen and oxygen atoms in total. The summed E-state index contributed by atoms with van der Waals surface area (Å²) in [5, 5.41) is 2.37. The van der Waals surface area contributed by atoms with Crippen molar-refractivity contribution in [2.45, 2.75) is 25.7 Å². The van der Waals surface area contributed by atoms with E-state index >= 15 is 0 Å². The Morgan fingerprint density at radius 1 is 0.500 bits per heavy atom. The highest BCUT2D eigenvalue weighted by atomic mass is 14.7. The summed E-state index contributed by atoms with van der Waals surface area (Å²) >= 11 is 0. The molecule has 28 heavy (non-hydrogen) atoms. The van der Waals surface area contributed by atoms with E-state index in [1.807, 2.05) is 24.9 Å². The number of nitrogens with zero attached hydrogens (tertiary/aromatic N) is 4. The third-order valence-corrected chi connectivity index (χ3v) is 5.14. The fraction of sp³-hybridized carbons (Fsp3) is 0.200. The van der Waals surface area contributed by atoms with Gasteiger partial charge in [-0.15, -0.1) is 0 Å². The first-order chi connectivity index (χ1) is 13.9. The molecule has 0 aromatic heterocycles. The van der Waals surface area contributed by atoms with Crippen LogP contribution in [0, 0.1) is 0 Å². The normalized spacial score (nSPS) is 19.6. The van der Waals surface area contributed by atoms with E-state index in [1.165, 1.54) is 10.7 Å². The highest BCUT2D eigenvalue weighted by Crippen LogP contribution is 2.20. The van der Waals surface area contributed by atoms with Crippen molar-refractivity contribution in [1.29, 1.82) is 0 Å². The van der Waals surface area contributed by atoms with E-state index in [1.54, 1.807) is 0 Å². The van der Waals surface area contributed by atoms with Gasteiger partial charge in [-0.2, -0.15) is 0 Å². The lowest BCUT2D eigenvalue weighted by atomic mass is 9.33. The van der Waals surface area contributed by atoms with Crippen LogP contribution in [0.4, 0.5) is 0 Å². The molecule has 4 aliphatic rings. The Balaban J connectivity index is 1.71.